The minimum absolute atomic E-state index is 0.0383. The van der Waals surface area contributed by atoms with E-state index in [4.69, 9.17) is 14.2 Å². The molecule has 0 aromatic heterocycles. The van der Waals surface area contributed by atoms with Crippen molar-refractivity contribution in [3.05, 3.63) is 53.1 Å². The van der Waals surface area contributed by atoms with E-state index in [1.807, 2.05) is 0 Å². The fraction of sp³-hybridized carbons (Fsp3) is 0.250. The fourth-order valence-corrected chi connectivity index (χ4v) is 2.96. The van der Waals surface area contributed by atoms with Gasteiger partial charge in [-0.2, -0.15) is 0 Å². The number of carbonyl (C=O) groups is 1. The van der Waals surface area contributed by atoms with Crippen molar-refractivity contribution >= 4 is 12.0 Å². The topological polar surface area (TPSA) is 85.2 Å². The van der Waals surface area contributed by atoms with Crippen LogP contribution in [0.25, 0.3) is 6.08 Å². The molecule has 0 unspecified atom stereocenters. The van der Waals surface area contributed by atoms with Gasteiger partial charge < -0.3 is 24.4 Å². The molecule has 1 fully saturated rings. The van der Waals surface area contributed by atoms with Gasteiger partial charge in [0, 0.05) is 11.5 Å². The van der Waals surface area contributed by atoms with Crippen LogP contribution in [0.5, 0.6) is 23.0 Å². The summed E-state index contributed by atoms with van der Waals surface area (Å²) >= 11 is 0. The average Bonchev–Trinajstić information content (AvgIpc) is 2.98. The summed E-state index contributed by atoms with van der Waals surface area (Å²) in [5, 5.41) is 19.4. The van der Waals surface area contributed by atoms with Crippen LogP contribution in [0.3, 0.4) is 0 Å². The third-order valence-corrected chi connectivity index (χ3v) is 4.34. The van der Waals surface area contributed by atoms with Crippen LogP contribution in [-0.4, -0.2) is 37.0 Å². The lowest BCUT2D eigenvalue weighted by atomic mass is 9.92. The van der Waals surface area contributed by atoms with Crippen LogP contribution < -0.4 is 9.47 Å². The predicted molar refractivity (Wildman–Crippen MR) is 95.4 cm³/mol. The molecule has 1 heterocycles. The van der Waals surface area contributed by atoms with Crippen molar-refractivity contribution in [2.45, 2.75) is 6.42 Å². The number of benzene rings is 2. The summed E-state index contributed by atoms with van der Waals surface area (Å²) in [4.78, 5) is 12.1. The Morgan fingerprint density at radius 3 is 2.42 bits per heavy atom. The lowest BCUT2D eigenvalue weighted by molar-refractivity contribution is -0.135. The maximum atomic E-state index is 12.1. The highest BCUT2D eigenvalue weighted by Crippen LogP contribution is 2.33. The molecule has 3 rings (SSSR count). The normalized spacial score (nSPS) is 18.0. The fourth-order valence-electron chi connectivity index (χ4n) is 2.96. The van der Waals surface area contributed by atoms with E-state index in [0.29, 0.717) is 30.1 Å². The molecule has 6 heteroatoms. The van der Waals surface area contributed by atoms with Crippen LogP contribution >= 0.6 is 0 Å². The molecule has 6 nitrogen and oxygen atoms in total. The summed E-state index contributed by atoms with van der Waals surface area (Å²) in [5.41, 5.74) is 2.23. The lowest BCUT2D eigenvalue weighted by Gasteiger charge is -2.11. The van der Waals surface area contributed by atoms with E-state index >= 15 is 0 Å². The molecule has 2 aromatic carbocycles. The standard InChI is InChI=1S/C20H20O6/c1-24-18-9-12(3-5-16(18)21)7-14-11-26-20(23)15(14)8-13-4-6-17(22)19(10-13)25-2/h3-6,8-10,14,21-22H,7,11H2,1-2H3/b15-8+/t14-/m1/s1. The van der Waals surface area contributed by atoms with Crippen LogP contribution in [0.2, 0.25) is 0 Å². The van der Waals surface area contributed by atoms with Crippen molar-refractivity contribution in [1.29, 1.82) is 0 Å². The molecule has 2 aromatic rings. The van der Waals surface area contributed by atoms with Crippen molar-refractivity contribution in [2.24, 2.45) is 5.92 Å². The van der Waals surface area contributed by atoms with Gasteiger partial charge in [0.15, 0.2) is 23.0 Å². The Bertz CT molecular complexity index is 855. The van der Waals surface area contributed by atoms with Gasteiger partial charge in [-0.05, 0) is 47.9 Å². The SMILES string of the molecule is COc1cc(/C=C2/C(=O)OC[C@H]2Cc2ccc(O)c(OC)c2)ccc1O. The van der Waals surface area contributed by atoms with Crippen molar-refractivity contribution in [1.82, 2.24) is 0 Å². The maximum Gasteiger partial charge on any atom is 0.334 e. The van der Waals surface area contributed by atoms with Crippen LogP contribution in [-0.2, 0) is 16.0 Å². The number of phenols is 2. The van der Waals surface area contributed by atoms with E-state index in [2.05, 4.69) is 0 Å². The molecule has 1 saturated heterocycles. The summed E-state index contributed by atoms with van der Waals surface area (Å²) in [5.74, 6) is 0.370. The maximum absolute atomic E-state index is 12.1. The van der Waals surface area contributed by atoms with Crippen molar-refractivity contribution in [3.63, 3.8) is 0 Å². The number of hydrogen-bond donors (Lipinski definition) is 2. The molecule has 0 amide bonds. The first-order valence-electron chi connectivity index (χ1n) is 8.13. The smallest absolute Gasteiger partial charge is 0.334 e. The molecule has 1 aliphatic heterocycles. The van der Waals surface area contributed by atoms with Crippen molar-refractivity contribution in [3.8, 4) is 23.0 Å². The molecule has 0 spiro atoms. The average molecular weight is 356 g/mol. The Morgan fingerprint density at radius 2 is 1.73 bits per heavy atom. The number of rotatable bonds is 5. The van der Waals surface area contributed by atoms with E-state index in [1.54, 1.807) is 36.4 Å². The molecule has 26 heavy (non-hydrogen) atoms. The van der Waals surface area contributed by atoms with E-state index in [-0.39, 0.29) is 23.4 Å². The Labute approximate surface area is 151 Å². The van der Waals surface area contributed by atoms with Gasteiger partial charge in [0.25, 0.3) is 0 Å². The molecule has 1 atom stereocenters. The molecule has 0 bridgehead atoms. The summed E-state index contributed by atoms with van der Waals surface area (Å²) in [6, 6.07) is 10.00. The zero-order valence-corrected chi connectivity index (χ0v) is 14.6. The molecule has 0 radical (unpaired) electrons. The second-order valence-corrected chi connectivity index (χ2v) is 6.04. The first-order chi connectivity index (χ1) is 12.5. The highest BCUT2D eigenvalue weighted by atomic mass is 16.5. The molecule has 0 saturated carbocycles. The Morgan fingerprint density at radius 1 is 1.08 bits per heavy atom. The lowest BCUT2D eigenvalue weighted by Crippen LogP contribution is -2.07. The van der Waals surface area contributed by atoms with Crippen LogP contribution in [0, 0.1) is 5.92 Å². The number of hydrogen-bond acceptors (Lipinski definition) is 6. The quantitative estimate of drug-likeness (QED) is 0.633. The number of carbonyl (C=O) groups excluding carboxylic acids is 1. The minimum Gasteiger partial charge on any atom is -0.504 e. The van der Waals surface area contributed by atoms with Gasteiger partial charge in [0.2, 0.25) is 0 Å². The summed E-state index contributed by atoms with van der Waals surface area (Å²) in [7, 11) is 2.96. The molecule has 2 N–H and O–H groups in total. The highest BCUT2D eigenvalue weighted by molar-refractivity contribution is 5.96. The van der Waals surface area contributed by atoms with Gasteiger partial charge in [-0.1, -0.05) is 12.1 Å². The predicted octanol–water partition coefficient (Wildman–Crippen LogP) is 2.91. The molecular weight excluding hydrogens is 336 g/mol. The zero-order valence-electron chi connectivity index (χ0n) is 14.6. The van der Waals surface area contributed by atoms with E-state index in [1.165, 1.54) is 20.3 Å². The monoisotopic (exact) mass is 356 g/mol. The van der Waals surface area contributed by atoms with Crippen molar-refractivity contribution < 1.29 is 29.2 Å². The molecule has 0 aliphatic carbocycles. The number of cyclic esters (lactones) is 1. The Hall–Kier alpha value is -3.15. The summed E-state index contributed by atoms with van der Waals surface area (Å²) in [6.45, 7) is 0.295. The van der Waals surface area contributed by atoms with E-state index in [9.17, 15) is 15.0 Å². The number of aromatic hydroxyl groups is 2. The highest BCUT2D eigenvalue weighted by Gasteiger charge is 2.30. The number of phenolic OH excluding ortho intramolecular Hbond substituents is 2. The third-order valence-electron chi connectivity index (χ3n) is 4.34. The second-order valence-electron chi connectivity index (χ2n) is 6.04. The summed E-state index contributed by atoms with van der Waals surface area (Å²) < 4.78 is 15.4. The van der Waals surface area contributed by atoms with Crippen LogP contribution in [0.1, 0.15) is 11.1 Å². The Kier molecular flexibility index (Phi) is 5.02. The molecule has 1 aliphatic rings. The first-order valence-corrected chi connectivity index (χ1v) is 8.13. The second kappa shape index (κ2) is 7.39. The zero-order chi connectivity index (χ0) is 18.7. The van der Waals surface area contributed by atoms with Gasteiger partial charge >= 0.3 is 5.97 Å². The van der Waals surface area contributed by atoms with Crippen molar-refractivity contribution in [2.75, 3.05) is 20.8 Å². The Balaban J connectivity index is 1.87. The van der Waals surface area contributed by atoms with Crippen LogP contribution in [0.15, 0.2) is 42.0 Å². The van der Waals surface area contributed by atoms with E-state index < -0.39 is 0 Å². The molecule has 136 valence electrons. The number of methoxy groups -OCH3 is 2. The molecular formula is C20H20O6. The van der Waals surface area contributed by atoms with Crippen LogP contribution in [0.4, 0.5) is 0 Å². The minimum atomic E-state index is -0.354. The number of ether oxygens (including phenoxy) is 3. The summed E-state index contributed by atoms with van der Waals surface area (Å²) in [6.07, 6.45) is 2.32. The first kappa shape index (κ1) is 17.7. The van der Waals surface area contributed by atoms with Gasteiger partial charge in [-0.15, -0.1) is 0 Å². The largest absolute Gasteiger partial charge is 0.504 e. The third kappa shape index (κ3) is 3.59. The number of esters is 1. The van der Waals surface area contributed by atoms with E-state index in [0.717, 1.165) is 11.1 Å². The van der Waals surface area contributed by atoms with Gasteiger partial charge in [-0.25, -0.2) is 4.79 Å². The van der Waals surface area contributed by atoms with Gasteiger partial charge in [0.05, 0.1) is 20.8 Å². The van der Waals surface area contributed by atoms with Gasteiger partial charge in [-0.3, -0.25) is 0 Å². The van der Waals surface area contributed by atoms with Gasteiger partial charge in [0.1, 0.15) is 0 Å².